The molecule has 0 aromatic carbocycles. The summed E-state index contributed by atoms with van der Waals surface area (Å²) in [5, 5.41) is 12.1. The van der Waals surface area contributed by atoms with Gasteiger partial charge in [0.25, 0.3) is 0 Å². The molecular formula is C4H7N3O. The molecule has 44 valence electrons. The van der Waals surface area contributed by atoms with Crippen LogP contribution in [-0.4, -0.2) is 17.3 Å². The van der Waals surface area contributed by atoms with Crippen molar-refractivity contribution >= 4 is 0 Å². The molecule has 4 heteroatoms. The van der Waals surface area contributed by atoms with Crippen molar-refractivity contribution in [2.45, 2.75) is 25.0 Å². The second-order valence-corrected chi connectivity index (χ2v) is 1.98. The van der Waals surface area contributed by atoms with E-state index in [4.69, 9.17) is 10.6 Å². The Labute approximate surface area is 46.8 Å². The Morgan fingerprint density at radius 1 is 1.62 bits per heavy atom. The topological polar surface area (TPSA) is 69.0 Å². The highest BCUT2D eigenvalue weighted by Crippen LogP contribution is 2.22. The van der Waals surface area contributed by atoms with Gasteiger partial charge in [-0.25, -0.2) is 0 Å². The molecule has 8 heavy (non-hydrogen) atoms. The Morgan fingerprint density at radius 3 is 2.62 bits per heavy atom. The molecule has 1 aliphatic rings. The maximum absolute atomic E-state index is 8.66. The van der Waals surface area contributed by atoms with Gasteiger partial charge in [-0.1, -0.05) is 5.11 Å². The summed E-state index contributed by atoms with van der Waals surface area (Å²) < 4.78 is 0. The van der Waals surface area contributed by atoms with Crippen LogP contribution >= 0.6 is 0 Å². The van der Waals surface area contributed by atoms with Gasteiger partial charge < -0.3 is 5.11 Å². The maximum atomic E-state index is 8.66. The Morgan fingerprint density at radius 2 is 2.25 bits per heavy atom. The van der Waals surface area contributed by atoms with Crippen LogP contribution < -0.4 is 0 Å². The molecule has 1 fully saturated rings. The van der Waals surface area contributed by atoms with Gasteiger partial charge in [0, 0.05) is 11.0 Å². The monoisotopic (exact) mass is 113 g/mol. The minimum absolute atomic E-state index is 0.0648. The first-order valence-corrected chi connectivity index (χ1v) is 2.55. The van der Waals surface area contributed by atoms with Crippen molar-refractivity contribution in [2.75, 3.05) is 0 Å². The fourth-order valence-corrected chi connectivity index (χ4v) is 0.726. The van der Waals surface area contributed by atoms with E-state index in [-0.39, 0.29) is 12.1 Å². The predicted octanol–water partition coefficient (Wildman–Crippen LogP) is 0.820. The highest BCUT2D eigenvalue weighted by atomic mass is 16.3. The summed E-state index contributed by atoms with van der Waals surface area (Å²) >= 11 is 0. The molecule has 0 saturated heterocycles. The quantitative estimate of drug-likeness (QED) is 0.305. The molecule has 1 rings (SSSR count). The predicted molar refractivity (Wildman–Crippen MR) is 28.2 cm³/mol. The summed E-state index contributed by atoms with van der Waals surface area (Å²) in [6.07, 6.45) is 1.07. The zero-order chi connectivity index (χ0) is 5.98. The van der Waals surface area contributed by atoms with Gasteiger partial charge in [-0.15, -0.1) is 0 Å². The normalized spacial score (nSPS) is 35.1. The lowest BCUT2D eigenvalue weighted by Crippen LogP contribution is -2.30. The van der Waals surface area contributed by atoms with Gasteiger partial charge in [-0.2, -0.15) is 0 Å². The van der Waals surface area contributed by atoms with E-state index in [1.54, 1.807) is 0 Å². The molecule has 0 amide bonds. The Bertz CT molecular complexity index is 123. The van der Waals surface area contributed by atoms with Gasteiger partial charge in [0.2, 0.25) is 0 Å². The molecule has 1 N–H and O–H groups in total. The SMILES string of the molecule is [N-]=[N+]=NC1CC(O)C1. The lowest BCUT2D eigenvalue weighted by Gasteiger charge is -2.26. The summed E-state index contributed by atoms with van der Waals surface area (Å²) in [5.41, 5.74) is 7.86. The van der Waals surface area contributed by atoms with E-state index in [2.05, 4.69) is 10.0 Å². The standard InChI is InChI=1S/C4H7N3O/c5-7-6-3-1-4(8)2-3/h3-4,8H,1-2H2. The van der Waals surface area contributed by atoms with Gasteiger partial charge in [0.15, 0.2) is 0 Å². The molecule has 1 saturated carbocycles. The minimum atomic E-state index is -0.217. The zero-order valence-corrected chi connectivity index (χ0v) is 4.36. The van der Waals surface area contributed by atoms with Crippen molar-refractivity contribution in [3.63, 3.8) is 0 Å². The molecule has 0 spiro atoms. The van der Waals surface area contributed by atoms with E-state index >= 15 is 0 Å². The fraction of sp³-hybridized carbons (Fsp3) is 1.00. The molecule has 0 atom stereocenters. The van der Waals surface area contributed by atoms with Crippen LogP contribution in [0.2, 0.25) is 0 Å². The Balaban J connectivity index is 2.25. The summed E-state index contributed by atoms with van der Waals surface area (Å²) in [7, 11) is 0. The van der Waals surface area contributed by atoms with Gasteiger partial charge >= 0.3 is 0 Å². The van der Waals surface area contributed by atoms with Crippen LogP contribution in [-0.2, 0) is 0 Å². The Hall–Kier alpha value is -0.730. The molecule has 0 aromatic heterocycles. The van der Waals surface area contributed by atoms with Gasteiger partial charge in [-0.3, -0.25) is 0 Å². The third-order valence-electron chi connectivity index (χ3n) is 1.30. The van der Waals surface area contributed by atoms with E-state index in [0.29, 0.717) is 12.8 Å². The van der Waals surface area contributed by atoms with Crippen molar-refractivity contribution < 1.29 is 5.11 Å². The average molecular weight is 113 g/mol. The maximum Gasteiger partial charge on any atom is 0.0548 e. The molecule has 0 unspecified atom stereocenters. The summed E-state index contributed by atoms with van der Waals surface area (Å²) in [5.74, 6) is 0. The molecule has 0 heterocycles. The highest BCUT2D eigenvalue weighted by Gasteiger charge is 2.25. The largest absolute Gasteiger partial charge is 0.393 e. The van der Waals surface area contributed by atoms with Crippen molar-refractivity contribution in [2.24, 2.45) is 5.11 Å². The third kappa shape index (κ3) is 0.911. The zero-order valence-electron chi connectivity index (χ0n) is 4.36. The number of aliphatic hydroxyl groups excluding tert-OH is 1. The van der Waals surface area contributed by atoms with Gasteiger partial charge in [-0.05, 0) is 18.4 Å². The Kier molecular flexibility index (Phi) is 1.37. The first-order valence-electron chi connectivity index (χ1n) is 2.55. The number of nitrogens with zero attached hydrogens (tertiary/aromatic N) is 3. The van der Waals surface area contributed by atoms with Crippen LogP contribution in [0.15, 0.2) is 5.11 Å². The number of rotatable bonds is 1. The van der Waals surface area contributed by atoms with E-state index < -0.39 is 0 Å². The van der Waals surface area contributed by atoms with Gasteiger partial charge in [0.1, 0.15) is 0 Å². The van der Waals surface area contributed by atoms with Crippen molar-refractivity contribution in [1.29, 1.82) is 0 Å². The molecule has 0 radical (unpaired) electrons. The first-order chi connectivity index (χ1) is 3.83. The van der Waals surface area contributed by atoms with E-state index in [1.165, 1.54) is 0 Å². The van der Waals surface area contributed by atoms with Crippen molar-refractivity contribution in [3.05, 3.63) is 10.4 Å². The van der Waals surface area contributed by atoms with Crippen LogP contribution in [0.3, 0.4) is 0 Å². The second-order valence-electron chi connectivity index (χ2n) is 1.98. The van der Waals surface area contributed by atoms with E-state index in [9.17, 15) is 0 Å². The number of aliphatic hydroxyl groups is 1. The van der Waals surface area contributed by atoms with Crippen LogP contribution in [0.1, 0.15) is 12.8 Å². The third-order valence-corrected chi connectivity index (χ3v) is 1.30. The first kappa shape index (κ1) is 5.41. The van der Waals surface area contributed by atoms with Crippen molar-refractivity contribution in [1.82, 2.24) is 0 Å². The smallest absolute Gasteiger partial charge is 0.0548 e. The van der Waals surface area contributed by atoms with Crippen LogP contribution in [0.25, 0.3) is 10.4 Å². The molecule has 4 nitrogen and oxygen atoms in total. The lowest BCUT2D eigenvalue weighted by molar-refractivity contribution is 0.0771. The lowest BCUT2D eigenvalue weighted by atomic mass is 9.91. The highest BCUT2D eigenvalue weighted by molar-refractivity contribution is 4.84. The summed E-state index contributed by atoms with van der Waals surface area (Å²) in [6.45, 7) is 0. The number of hydrogen-bond donors (Lipinski definition) is 1. The average Bonchev–Trinajstić information content (AvgIpc) is 1.64. The molecule has 1 aliphatic carbocycles. The van der Waals surface area contributed by atoms with Crippen molar-refractivity contribution in [3.8, 4) is 0 Å². The van der Waals surface area contributed by atoms with E-state index in [0.717, 1.165) is 0 Å². The van der Waals surface area contributed by atoms with Gasteiger partial charge in [0.05, 0.1) is 6.10 Å². The van der Waals surface area contributed by atoms with Crippen LogP contribution in [0.5, 0.6) is 0 Å². The molecule has 0 aromatic rings. The number of azide groups is 1. The van der Waals surface area contributed by atoms with Crippen LogP contribution in [0, 0.1) is 0 Å². The minimum Gasteiger partial charge on any atom is -0.393 e. The molecule has 0 aliphatic heterocycles. The molecule has 0 bridgehead atoms. The second kappa shape index (κ2) is 2.03. The molecular weight excluding hydrogens is 106 g/mol. The van der Waals surface area contributed by atoms with E-state index in [1.807, 2.05) is 0 Å². The fourth-order valence-electron chi connectivity index (χ4n) is 0.726. The summed E-state index contributed by atoms with van der Waals surface area (Å²) in [6, 6.07) is 0.0648. The number of hydrogen-bond acceptors (Lipinski definition) is 2. The summed E-state index contributed by atoms with van der Waals surface area (Å²) in [4.78, 5) is 2.61. The van der Waals surface area contributed by atoms with Crippen LogP contribution in [0.4, 0.5) is 0 Å².